The number of fused-ring (bicyclic) bond motifs is 2. The van der Waals surface area contributed by atoms with Crippen molar-refractivity contribution in [3.63, 3.8) is 0 Å². The normalized spacial score (nSPS) is 29.6. The van der Waals surface area contributed by atoms with Crippen LogP contribution < -0.4 is 5.32 Å². The number of piperidine rings is 4. The molecule has 1 N–H and O–H groups in total. The van der Waals surface area contributed by atoms with Crippen molar-refractivity contribution < 1.29 is 42.9 Å². The zero-order valence-corrected chi connectivity index (χ0v) is 34.8. The van der Waals surface area contributed by atoms with Crippen LogP contribution in [-0.4, -0.2) is 175 Å². The summed E-state index contributed by atoms with van der Waals surface area (Å²) in [5, 5.41) is 3.37. The highest BCUT2D eigenvalue weighted by molar-refractivity contribution is 5.81. The number of amides is 4. The maximum absolute atomic E-state index is 12.6. The monoisotopic (exact) mass is 803 g/mol. The fourth-order valence-electron chi connectivity index (χ4n) is 10.4. The van der Waals surface area contributed by atoms with Crippen LogP contribution in [0.25, 0.3) is 0 Å². The lowest BCUT2D eigenvalue weighted by molar-refractivity contribution is -0.167. The second kappa shape index (κ2) is 21.8. The number of carbonyl (C=O) groups excluding carboxylic acids is 5. The predicted octanol–water partition coefficient (Wildman–Crippen LogP) is 3.96. The summed E-state index contributed by atoms with van der Waals surface area (Å²) in [6.07, 6.45) is 16.9. The third-order valence-corrected chi connectivity index (χ3v) is 13.4. The average molecular weight is 803 g/mol. The molecule has 4 amide bonds. The first-order valence-corrected chi connectivity index (χ1v) is 22.4. The Morgan fingerprint density at radius 3 is 1.51 bits per heavy atom. The molecule has 322 valence electrons. The van der Waals surface area contributed by atoms with Crippen LogP contribution in [0.1, 0.15) is 117 Å². The van der Waals surface area contributed by atoms with Gasteiger partial charge in [-0.25, -0.2) is 9.59 Å². The molecule has 0 radical (unpaired) electrons. The van der Waals surface area contributed by atoms with E-state index in [1.54, 1.807) is 11.8 Å². The number of hydrogen-bond acceptors (Lipinski definition) is 11. The van der Waals surface area contributed by atoms with E-state index in [2.05, 4.69) is 20.0 Å². The number of nitrogens with zero attached hydrogens (tertiary/aromatic N) is 5. The number of carbonyl (C=O) groups is 5. The van der Waals surface area contributed by atoms with Crippen LogP contribution in [0.3, 0.4) is 0 Å². The van der Waals surface area contributed by atoms with Gasteiger partial charge in [0.15, 0.2) is 0 Å². The summed E-state index contributed by atoms with van der Waals surface area (Å²) in [7, 11) is 0. The third kappa shape index (κ3) is 11.6. The maximum atomic E-state index is 12.6. The Morgan fingerprint density at radius 1 is 0.579 bits per heavy atom. The number of morpholine rings is 2. The Bertz CT molecular complexity index is 1320. The molecular weight excluding hydrogens is 732 g/mol. The van der Waals surface area contributed by atoms with Crippen molar-refractivity contribution in [3.8, 4) is 0 Å². The lowest BCUT2D eigenvalue weighted by Crippen LogP contribution is -2.61. The maximum Gasteiger partial charge on any atom is 0.409 e. The van der Waals surface area contributed by atoms with Crippen LogP contribution in [0, 0.1) is 0 Å². The highest BCUT2D eigenvalue weighted by atomic mass is 16.6. The molecule has 4 atom stereocenters. The topological polar surface area (TPSA) is 150 Å². The van der Waals surface area contributed by atoms with E-state index in [-0.39, 0.29) is 42.5 Å². The van der Waals surface area contributed by atoms with Gasteiger partial charge in [-0.15, -0.1) is 0 Å². The first-order chi connectivity index (χ1) is 27.8. The lowest BCUT2D eigenvalue weighted by atomic mass is 9.87. The Kier molecular flexibility index (Phi) is 16.7. The number of hydrogen-bond donors (Lipinski definition) is 1. The van der Waals surface area contributed by atoms with Gasteiger partial charge in [0.2, 0.25) is 11.8 Å². The largest absolute Gasteiger partial charge is 0.450 e. The van der Waals surface area contributed by atoms with Crippen molar-refractivity contribution in [1.29, 1.82) is 0 Å². The van der Waals surface area contributed by atoms with Gasteiger partial charge in [0.1, 0.15) is 19.0 Å². The summed E-state index contributed by atoms with van der Waals surface area (Å²) < 4.78 is 21.5. The average Bonchev–Trinajstić information content (AvgIpc) is 3.25. The summed E-state index contributed by atoms with van der Waals surface area (Å²) in [5.41, 5.74) is 0. The van der Waals surface area contributed by atoms with Crippen LogP contribution >= 0.6 is 0 Å². The van der Waals surface area contributed by atoms with Gasteiger partial charge in [-0.05, 0) is 91.1 Å². The van der Waals surface area contributed by atoms with Gasteiger partial charge < -0.3 is 48.8 Å². The minimum atomic E-state index is -0.301. The molecule has 0 aromatic heterocycles. The van der Waals surface area contributed by atoms with Crippen molar-refractivity contribution in [2.75, 3.05) is 78.8 Å². The molecule has 6 heterocycles. The first kappa shape index (κ1) is 43.6. The molecular formula is C42H70N6O9. The van der Waals surface area contributed by atoms with Crippen molar-refractivity contribution in [2.24, 2.45) is 0 Å². The zero-order chi connectivity index (χ0) is 40.1. The van der Waals surface area contributed by atoms with Crippen LogP contribution in [-0.2, 0) is 33.3 Å². The van der Waals surface area contributed by atoms with Gasteiger partial charge in [0.25, 0.3) is 0 Å². The molecule has 1 unspecified atom stereocenters. The molecule has 0 aromatic rings. The third-order valence-electron chi connectivity index (χ3n) is 13.4. The van der Waals surface area contributed by atoms with E-state index in [0.29, 0.717) is 82.1 Å². The van der Waals surface area contributed by atoms with E-state index in [0.717, 1.165) is 103 Å². The number of ether oxygens (including phenoxy) is 4. The molecule has 15 heteroatoms. The van der Waals surface area contributed by atoms with Gasteiger partial charge in [-0.2, -0.15) is 0 Å². The SMILES string of the molecule is CCOC(=O)N1CCC(=O)CC1.CCOC(=O)N1CCC(N2CCC(N3C(=O)CO[C@H]4CCCC[C@@H]43)CC2)CC1.O=C1CO[C@H]2CCCCC2N1C1CCNCC1. The fourth-order valence-corrected chi connectivity index (χ4v) is 10.4. The number of Topliss-reactive ketones (excluding diaryl/α,β-unsaturated/α-hetero) is 1. The molecule has 8 aliphatic rings. The number of rotatable bonds is 5. The Labute approximate surface area is 339 Å². The molecule has 0 aromatic carbocycles. The van der Waals surface area contributed by atoms with E-state index < -0.39 is 0 Å². The summed E-state index contributed by atoms with van der Waals surface area (Å²) in [6, 6.07) is 2.05. The van der Waals surface area contributed by atoms with E-state index in [4.69, 9.17) is 18.9 Å². The van der Waals surface area contributed by atoms with Crippen LogP contribution in [0.5, 0.6) is 0 Å². The minimum Gasteiger partial charge on any atom is -0.450 e. The molecule has 2 saturated carbocycles. The van der Waals surface area contributed by atoms with Crippen molar-refractivity contribution in [2.45, 2.75) is 159 Å². The second-order valence-corrected chi connectivity index (χ2v) is 16.9. The van der Waals surface area contributed by atoms with Gasteiger partial charge in [-0.3, -0.25) is 14.4 Å². The van der Waals surface area contributed by atoms with Crippen LogP contribution in [0.2, 0.25) is 0 Å². The second-order valence-electron chi connectivity index (χ2n) is 16.9. The number of nitrogens with one attached hydrogen (secondary N) is 1. The van der Waals surface area contributed by atoms with Crippen molar-refractivity contribution in [1.82, 2.24) is 29.8 Å². The molecule has 0 spiro atoms. The van der Waals surface area contributed by atoms with E-state index in [1.807, 2.05) is 11.8 Å². The van der Waals surface area contributed by atoms with Crippen LogP contribution in [0.4, 0.5) is 9.59 Å². The smallest absolute Gasteiger partial charge is 0.409 e. The Balaban J connectivity index is 0.000000160. The number of likely N-dealkylation sites (tertiary alicyclic amines) is 3. The first-order valence-electron chi connectivity index (χ1n) is 22.4. The summed E-state index contributed by atoms with van der Waals surface area (Å²) in [6.45, 7) is 11.8. The molecule has 2 aliphatic carbocycles. The molecule has 0 bridgehead atoms. The van der Waals surface area contributed by atoms with E-state index in [9.17, 15) is 24.0 Å². The summed E-state index contributed by atoms with van der Waals surface area (Å²) in [5.74, 6) is 0.653. The van der Waals surface area contributed by atoms with Gasteiger partial charge in [0, 0.05) is 70.2 Å². The minimum absolute atomic E-state index is 0.174. The lowest BCUT2D eigenvalue weighted by Gasteiger charge is -2.50. The van der Waals surface area contributed by atoms with Gasteiger partial charge in [0.05, 0.1) is 37.5 Å². The predicted molar refractivity (Wildman–Crippen MR) is 213 cm³/mol. The van der Waals surface area contributed by atoms with E-state index in [1.165, 1.54) is 25.7 Å². The highest BCUT2D eigenvalue weighted by Gasteiger charge is 2.43. The molecule has 6 aliphatic heterocycles. The van der Waals surface area contributed by atoms with Crippen molar-refractivity contribution >= 4 is 29.8 Å². The molecule has 15 nitrogen and oxygen atoms in total. The molecule has 8 fully saturated rings. The highest BCUT2D eigenvalue weighted by Crippen LogP contribution is 2.34. The fraction of sp³-hybridized carbons (Fsp3) is 0.881. The Hall–Kier alpha value is -3.01. The number of ketones is 1. The van der Waals surface area contributed by atoms with E-state index >= 15 is 0 Å². The molecule has 6 saturated heterocycles. The molecule has 57 heavy (non-hydrogen) atoms. The Morgan fingerprint density at radius 2 is 1.02 bits per heavy atom. The summed E-state index contributed by atoms with van der Waals surface area (Å²) >= 11 is 0. The van der Waals surface area contributed by atoms with Crippen molar-refractivity contribution in [3.05, 3.63) is 0 Å². The van der Waals surface area contributed by atoms with Crippen LogP contribution in [0.15, 0.2) is 0 Å². The standard InChI is InChI=1S/C21H35N3O4.C13H22N2O2.C8H13NO3/c1-2-27-21(26)23-13-7-16(8-14-23)22-11-9-17(10-12-22)24-18-5-3-4-6-19(18)28-15-20(24)25;16-13-9-17-12-4-2-1-3-11(12)15(13)10-5-7-14-8-6-10;1-2-12-8(11)9-5-3-7(10)4-6-9/h16-19H,2-15H2,1H3;10-12,14H,1-9H2;2-6H2,1H3/t18-,19-;11?,12-;/m00./s1. The van der Waals surface area contributed by atoms with Gasteiger partial charge in [-0.1, -0.05) is 25.7 Å². The zero-order valence-electron chi connectivity index (χ0n) is 34.8. The van der Waals surface area contributed by atoms with Gasteiger partial charge >= 0.3 is 12.2 Å². The summed E-state index contributed by atoms with van der Waals surface area (Å²) in [4.78, 5) is 68.9. The molecule has 8 rings (SSSR count). The quantitative estimate of drug-likeness (QED) is 0.431.